The Morgan fingerprint density at radius 3 is 2.00 bits per heavy atom. The lowest BCUT2D eigenvalue weighted by molar-refractivity contribution is 0.336. The van der Waals surface area contributed by atoms with Crippen LogP contribution in [0.15, 0.2) is 45.2 Å². The standard InChI is InChI=1S/C25H30N2O2/c1-7-24(4,5)17-12-10-16(11-13-17)22-26-18-14-19-21(15-20(18)28-22)29-23(27-19)25(6,8-2)9-3/h10-15H,7-9H2,1-6H3. The van der Waals surface area contributed by atoms with Crippen LogP contribution in [0.2, 0.25) is 0 Å². The van der Waals surface area contributed by atoms with E-state index in [0.29, 0.717) is 5.89 Å². The van der Waals surface area contributed by atoms with Crippen molar-refractivity contribution >= 4 is 22.2 Å². The van der Waals surface area contributed by atoms with Crippen molar-refractivity contribution in [3.8, 4) is 11.5 Å². The maximum Gasteiger partial charge on any atom is 0.227 e. The Morgan fingerprint density at radius 1 is 0.759 bits per heavy atom. The van der Waals surface area contributed by atoms with Gasteiger partial charge in [0.1, 0.15) is 11.0 Å². The van der Waals surface area contributed by atoms with Gasteiger partial charge >= 0.3 is 0 Å². The minimum atomic E-state index is -0.0488. The van der Waals surface area contributed by atoms with Gasteiger partial charge in [-0.25, -0.2) is 9.97 Å². The van der Waals surface area contributed by atoms with E-state index in [-0.39, 0.29) is 10.8 Å². The molecule has 0 fully saturated rings. The van der Waals surface area contributed by atoms with Crippen LogP contribution < -0.4 is 0 Å². The van der Waals surface area contributed by atoms with Crippen molar-refractivity contribution in [2.45, 2.75) is 71.6 Å². The molecule has 0 aliphatic carbocycles. The number of rotatable bonds is 6. The van der Waals surface area contributed by atoms with Crippen LogP contribution in [0, 0.1) is 0 Å². The van der Waals surface area contributed by atoms with Crippen LogP contribution in [0.4, 0.5) is 0 Å². The molecular formula is C25H30N2O2. The first-order valence-electron chi connectivity index (χ1n) is 10.6. The van der Waals surface area contributed by atoms with Gasteiger partial charge in [0.15, 0.2) is 11.2 Å². The maximum atomic E-state index is 6.10. The van der Waals surface area contributed by atoms with Crippen molar-refractivity contribution in [2.24, 2.45) is 0 Å². The van der Waals surface area contributed by atoms with Gasteiger partial charge < -0.3 is 8.83 Å². The van der Waals surface area contributed by atoms with Crippen LogP contribution in [0.1, 0.15) is 72.3 Å². The quantitative estimate of drug-likeness (QED) is 0.344. The fourth-order valence-electron chi connectivity index (χ4n) is 3.55. The molecule has 4 nitrogen and oxygen atoms in total. The minimum Gasteiger partial charge on any atom is -0.440 e. The van der Waals surface area contributed by atoms with E-state index in [2.05, 4.69) is 65.8 Å². The number of oxazole rings is 2. The Balaban J connectivity index is 1.72. The summed E-state index contributed by atoms with van der Waals surface area (Å²) in [6.45, 7) is 13.3. The van der Waals surface area contributed by atoms with E-state index in [9.17, 15) is 0 Å². The first kappa shape index (κ1) is 19.7. The van der Waals surface area contributed by atoms with Crippen molar-refractivity contribution < 1.29 is 8.83 Å². The predicted molar refractivity (Wildman–Crippen MR) is 118 cm³/mol. The largest absolute Gasteiger partial charge is 0.440 e. The SMILES string of the molecule is CCC(C)(C)c1ccc(-c2nc3cc4nc(C(C)(CC)CC)oc4cc3o2)cc1. The number of fused-ring (bicyclic) bond motifs is 2. The molecule has 29 heavy (non-hydrogen) atoms. The first-order valence-corrected chi connectivity index (χ1v) is 10.6. The maximum absolute atomic E-state index is 6.10. The smallest absolute Gasteiger partial charge is 0.227 e. The second kappa shape index (κ2) is 7.01. The molecule has 4 aromatic rings. The number of aromatic nitrogens is 2. The Morgan fingerprint density at radius 2 is 1.38 bits per heavy atom. The molecule has 0 saturated carbocycles. The summed E-state index contributed by atoms with van der Waals surface area (Å²) in [5.74, 6) is 1.42. The van der Waals surface area contributed by atoms with Gasteiger partial charge in [0.05, 0.1) is 0 Å². The summed E-state index contributed by atoms with van der Waals surface area (Å²) < 4.78 is 12.2. The molecule has 2 aromatic heterocycles. The minimum absolute atomic E-state index is 0.0488. The molecule has 0 unspecified atom stereocenters. The highest BCUT2D eigenvalue weighted by Crippen LogP contribution is 2.35. The second-order valence-corrected chi connectivity index (χ2v) is 8.91. The molecule has 0 aliphatic rings. The van der Waals surface area contributed by atoms with E-state index in [0.717, 1.165) is 52.9 Å². The lowest BCUT2D eigenvalue weighted by Crippen LogP contribution is -2.19. The molecule has 152 valence electrons. The molecule has 0 N–H and O–H groups in total. The number of benzene rings is 2. The van der Waals surface area contributed by atoms with Gasteiger partial charge in [0.25, 0.3) is 0 Å². The summed E-state index contributed by atoms with van der Waals surface area (Å²) in [5, 5.41) is 0. The number of nitrogens with zero attached hydrogens (tertiary/aromatic N) is 2. The van der Waals surface area contributed by atoms with Crippen molar-refractivity contribution in [2.75, 3.05) is 0 Å². The van der Waals surface area contributed by atoms with Gasteiger partial charge in [-0.15, -0.1) is 0 Å². The Bertz CT molecular complexity index is 1090. The third kappa shape index (κ3) is 3.35. The predicted octanol–water partition coefficient (Wildman–Crippen LogP) is 7.40. The highest BCUT2D eigenvalue weighted by atomic mass is 16.4. The lowest BCUT2D eigenvalue weighted by atomic mass is 9.82. The van der Waals surface area contributed by atoms with E-state index < -0.39 is 0 Å². The van der Waals surface area contributed by atoms with Crippen LogP contribution in [-0.4, -0.2) is 9.97 Å². The Kier molecular flexibility index (Phi) is 4.76. The van der Waals surface area contributed by atoms with Crippen LogP contribution >= 0.6 is 0 Å². The fourth-order valence-corrected chi connectivity index (χ4v) is 3.55. The van der Waals surface area contributed by atoms with E-state index in [1.54, 1.807) is 0 Å². The van der Waals surface area contributed by atoms with Gasteiger partial charge in [-0.2, -0.15) is 0 Å². The molecule has 0 radical (unpaired) electrons. The van der Waals surface area contributed by atoms with Crippen LogP contribution in [0.3, 0.4) is 0 Å². The Hall–Kier alpha value is -2.62. The molecule has 0 amide bonds. The van der Waals surface area contributed by atoms with E-state index in [1.807, 2.05) is 12.1 Å². The molecule has 2 heterocycles. The topological polar surface area (TPSA) is 52.1 Å². The highest BCUT2D eigenvalue weighted by molar-refractivity contribution is 5.90. The van der Waals surface area contributed by atoms with Crippen LogP contribution in [0.5, 0.6) is 0 Å². The molecule has 4 rings (SSSR count). The first-order chi connectivity index (χ1) is 13.8. The zero-order valence-corrected chi connectivity index (χ0v) is 18.3. The zero-order valence-electron chi connectivity index (χ0n) is 18.3. The average Bonchev–Trinajstić information content (AvgIpc) is 3.34. The Labute approximate surface area is 172 Å². The van der Waals surface area contributed by atoms with E-state index in [1.165, 1.54) is 5.56 Å². The van der Waals surface area contributed by atoms with Crippen LogP contribution in [0.25, 0.3) is 33.7 Å². The lowest BCUT2D eigenvalue weighted by Gasteiger charge is -2.23. The van der Waals surface area contributed by atoms with Gasteiger partial charge in [-0.05, 0) is 48.4 Å². The molecule has 0 aliphatic heterocycles. The van der Waals surface area contributed by atoms with Crippen molar-refractivity contribution in [3.63, 3.8) is 0 Å². The van der Waals surface area contributed by atoms with Gasteiger partial charge in [0.2, 0.25) is 11.8 Å². The summed E-state index contributed by atoms with van der Waals surface area (Å²) in [5.41, 5.74) is 5.54. The molecule has 0 bridgehead atoms. The summed E-state index contributed by atoms with van der Waals surface area (Å²) in [6.07, 6.45) is 3.07. The van der Waals surface area contributed by atoms with Gasteiger partial charge in [0, 0.05) is 17.0 Å². The molecule has 0 saturated heterocycles. The van der Waals surface area contributed by atoms with Gasteiger partial charge in [-0.1, -0.05) is 53.7 Å². The average molecular weight is 391 g/mol. The van der Waals surface area contributed by atoms with Crippen molar-refractivity contribution in [3.05, 3.63) is 47.9 Å². The third-order valence-electron chi connectivity index (χ3n) is 6.77. The normalized spacial score (nSPS) is 12.9. The van der Waals surface area contributed by atoms with Crippen molar-refractivity contribution in [1.29, 1.82) is 0 Å². The van der Waals surface area contributed by atoms with E-state index >= 15 is 0 Å². The van der Waals surface area contributed by atoms with Crippen LogP contribution in [-0.2, 0) is 10.8 Å². The van der Waals surface area contributed by atoms with E-state index in [4.69, 9.17) is 18.8 Å². The number of hydrogen-bond donors (Lipinski definition) is 0. The summed E-state index contributed by atoms with van der Waals surface area (Å²) >= 11 is 0. The fraction of sp³-hybridized carbons (Fsp3) is 0.440. The molecule has 4 heteroatoms. The molecule has 0 atom stereocenters. The summed E-state index contributed by atoms with van der Waals surface area (Å²) in [6, 6.07) is 12.4. The number of hydrogen-bond acceptors (Lipinski definition) is 4. The van der Waals surface area contributed by atoms with Gasteiger partial charge in [-0.3, -0.25) is 0 Å². The second-order valence-electron chi connectivity index (χ2n) is 8.91. The highest BCUT2D eigenvalue weighted by Gasteiger charge is 2.28. The molecular weight excluding hydrogens is 360 g/mol. The molecule has 0 spiro atoms. The molecule has 2 aromatic carbocycles. The summed E-state index contributed by atoms with van der Waals surface area (Å²) in [7, 11) is 0. The third-order valence-corrected chi connectivity index (χ3v) is 6.77. The summed E-state index contributed by atoms with van der Waals surface area (Å²) in [4.78, 5) is 9.47. The zero-order chi connectivity index (χ0) is 20.8. The monoisotopic (exact) mass is 390 g/mol. The van der Waals surface area contributed by atoms with Crippen molar-refractivity contribution in [1.82, 2.24) is 9.97 Å².